The third-order valence-corrected chi connectivity index (χ3v) is 13.9. The van der Waals surface area contributed by atoms with Gasteiger partial charge in [0.15, 0.2) is 6.29 Å². The van der Waals surface area contributed by atoms with Crippen molar-refractivity contribution in [3.8, 4) is 0 Å². The lowest BCUT2D eigenvalue weighted by Gasteiger charge is -2.41. The fraction of sp³-hybridized carbons (Fsp3) is 0.875. The molecule has 1 amide bonds. The van der Waals surface area contributed by atoms with E-state index in [0.29, 0.717) is 6.42 Å². The van der Waals surface area contributed by atoms with Gasteiger partial charge in [0.25, 0.3) is 0 Å². The molecule has 1 saturated heterocycles. The minimum atomic E-state index is -5.09. The number of unbranched alkanes of at least 4 members (excludes halogenated alkanes) is 33. The molecule has 1 rings (SSSR count). The van der Waals surface area contributed by atoms with E-state index in [1.165, 1.54) is 173 Å². The number of aliphatic hydroxyl groups excluding tert-OH is 4. The number of amides is 1. The molecule has 7 atom stereocenters. The second kappa shape index (κ2) is 46.1. The number of carbonyl (C=O) groups is 1. The van der Waals surface area contributed by atoms with Crippen molar-refractivity contribution in [3.63, 3.8) is 0 Å². The van der Waals surface area contributed by atoms with Crippen LogP contribution in [0.2, 0.25) is 0 Å². The summed E-state index contributed by atoms with van der Waals surface area (Å²) < 4.78 is 47.8. The van der Waals surface area contributed by atoms with Crippen LogP contribution in [0.15, 0.2) is 36.5 Å². The van der Waals surface area contributed by atoms with Gasteiger partial charge in [-0.2, -0.15) is 8.42 Å². The van der Waals surface area contributed by atoms with Crippen molar-refractivity contribution in [2.24, 2.45) is 0 Å². The zero-order valence-electron chi connectivity index (χ0n) is 43.9. The summed E-state index contributed by atoms with van der Waals surface area (Å²) in [4.78, 5) is 13.1. The number of nitrogens with one attached hydrogen (secondary N) is 1. The van der Waals surface area contributed by atoms with Gasteiger partial charge in [-0.05, 0) is 51.4 Å². The van der Waals surface area contributed by atoms with Crippen LogP contribution in [0.25, 0.3) is 0 Å². The molecule has 0 aromatic rings. The average molecular weight is 1000 g/mol. The van der Waals surface area contributed by atoms with Gasteiger partial charge in [0.1, 0.15) is 24.4 Å². The Hall–Kier alpha value is -1.68. The summed E-state index contributed by atoms with van der Waals surface area (Å²) >= 11 is 0. The number of allylic oxidation sites excluding steroid dienone is 5. The van der Waals surface area contributed by atoms with E-state index in [4.69, 9.17) is 9.47 Å². The Morgan fingerprint density at radius 3 is 1.38 bits per heavy atom. The van der Waals surface area contributed by atoms with Crippen LogP contribution in [0.1, 0.15) is 258 Å². The molecule has 0 bridgehead atoms. The summed E-state index contributed by atoms with van der Waals surface area (Å²) in [5, 5.41) is 44.9. The zero-order valence-corrected chi connectivity index (χ0v) is 44.7. The first-order chi connectivity index (χ1) is 33.5. The lowest BCUT2D eigenvalue weighted by Crippen LogP contribution is -2.61. The molecule has 1 aliphatic heterocycles. The van der Waals surface area contributed by atoms with Gasteiger partial charge in [-0.3, -0.25) is 9.35 Å². The summed E-state index contributed by atoms with van der Waals surface area (Å²) in [5.41, 5.74) is 0. The molecule has 0 spiro atoms. The lowest BCUT2D eigenvalue weighted by atomic mass is 9.99. The molecule has 1 aliphatic rings. The summed E-state index contributed by atoms with van der Waals surface area (Å²) in [6, 6.07) is -0.949. The van der Waals surface area contributed by atoms with E-state index >= 15 is 0 Å². The van der Waals surface area contributed by atoms with E-state index in [1.54, 1.807) is 6.08 Å². The molecule has 0 radical (unpaired) electrons. The Balaban J connectivity index is 2.41. The Kier molecular flexibility index (Phi) is 43.7. The van der Waals surface area contributed by atoms with Crippen molar-refractivity contribution in [3.05, 3.63) is 36.5 Å². The van der Waals surface area contributed by atoms with Crippen LogP contribution < -0.4 is 5.32 Å². The van der Waals surface area contributed by atoms with Crippen LogP contribution in [-0.4, -0.2) is 95.4 Å². The van der Waals surface area contributed by atoms with Crippen molar-refractivity contribution in [1.29, 1.82) is 0 Å². The van der Waals surface area contributed by atoms with Gasteiger partial charge in [-0.1, -0.05) is 237 Å². The van der Waals surface area contributed by atoms with Gasteiger partial charge in [-0.25, -0.2) is 4.18 Å². The van der Waals surface area contributed by atoms with E-state index in [0.717, 1.165) is 57.8 Å². The first-order valence-electron chi connectivity index (χ1n) is 28.4. The number of carbonyl (C=O) groups excluding carboxylic acids is 1. The molecule has 0 saturated carbocycles. The minimum Gasteiger partial charge on any atom is -0.394 e. The predicted octanol–water partition coefficient (Wildman–Crippen LogP) is 13.0. The first-order valence-corrected chi connectivity index (χ1v) is 29.7. The molecule has 1 heterocycles. The van der Waals surface area contributed by atoms with E-state index in [1.807, 2.05) is 6.08 Å². The quantitative estimate of drug-likeness (QED) is 0.0193. The van der Waals surface area contributed by atoms with Crippen molar-refractivity contribution in [2.45, 2.75) is 301 Å². The number of hydrogen-bond acceptors (Lipinski definition) is 10. The molecule has 0 aromatic heterocycles. The van der Waals surface area contributed by atoms with Gasteiger partial charge >= 0.3 is 10.4 Å². The molecule has 7 unspecified atom stereocenters. The zero-order chi connectivity index (χ0) is 50.5. The second-order valence-corrected chi connectivity index (χ2v) is 20.9. The van der Waals surface area contributed by atoms with E-state index in [-0.39, 0.29) is 18.9 Å². The molecule has 6 N–H and O–H groups in total. The summed E-state index contributed by atoms with van der Waals surface area (Å²) in [6.07, 6.45) is 48.9. The van der Waals surface area contributed by atoms with E-state index < -0.39 is 59.9 Å². The van der Waals surface area contributed by atoms with Gasteiger partial charge in [0.2, 0.25) is 5.91 Å². The normalized spacial score (nSPS) is 19.9. The molecular weight excluding hydrogens is 895 g/mol. The second-order valence-electron chi connectivity index (χ2n) is 19.9. The Morgan fingerprint density at radius 2 is 0.971 bits per heavy atom. The highest BCUT2D eigenvalue weighted by Crippen LogP contribution is 2.26. The fourth-order valence-electron chi connectivity index (χ4n) is 9.02. The molecule has 0 aliphatic carbocycles. The summed E-state index contributed by atoms with van der Waals surface area (Å²) in [6.45, 7) is 3.42. The van der Waals surface area contributed by atoms with Crippen molar-refractivity contribution >= 4 is 16.3 Å². The Labute approximate surface area is 422 Å². The third kappa shape index (κ3) is 38.6. The molecule has 406 valence electrons. The van der Waals surface area contributed by atoms with Crippen LogP contribution in [0, 0.1) is 0 Å². The van der Waals surface area contributed by atoms with Crippen molar-refractivity contribution in [2.75, 3.05) is 13.2 Å². The molecule has 12 nitrogen and oxygen atoms in total. The average Bonchev–Trinajstić information content (AvgIpc) is 3.32. The smallest absolute Gasteiger partial charge is 0.394 e. The molecule has 69 heavy (non-hydrogen) atoms. The van der Waals surface area contributed by atoms with Crippen LogP contribution in [0.3, 0.4) is 0 Å². The van der Waals surface area contributed by atoms with E-state index in [2.05, 4.69) is 47.7 Å². The number of aliphatic hydroxyl groups is 4. The maximum atomic E-state index is 13.1. The standard InChI is InChI=1S/C56H105NO11S/c1-3-5-7-9-11-13-15-17-19-21-23-24-25-26-28-30-32-34-36-38-40-42-44-46-52(60)57-49(48-66-56-54(62)55(68-69(63,64)65)53(61)51(47-58)67-56)50(59)45-43-41-39-37-35-33-31-29-27-22-20-18-16-14-12-10-8-6-4-2/h23-24,26,28,43,45,49-51,53-56,58-59,61-62H,3-22,25,27,29-42,44,46-48H2,1-2H3,(H,57,60)(H,63,64,65)/b24-23-,28-26-,45-43+. The third-order valence-electron chi connectivity index (χ3n) is 13.4. The summed E-state index contributed by atoms with van der Waals surface area (Å²) in [7, 11) is -5.09. The number of ether oxygens (including phenoxy) is 2. The largest absolute Gasteiger partial charge is 0.397 e. The van der Waals surface area contributed by atoms with Gasteiger partial charge in [0.05, 0.1) is 25.4 Å². The van der Waals surface area contributed by atoms with Gasteiger partial charge < -0.3 is 35.2 Å². The Morgan fingerprint density at radius 1 is 0.580 bits per heavy atom. The fourth-order valence-corrected chi connectivity index (χ4v) is 9.52. The Bertz CT molecular complexity index is 1360. The number of rotatable bonds is 49. The van der Waals surface area contributed by atoms with Crippen molar-refractivity contribution < 1.29 is 51.8 Å². The van der Waals surface area contributed by atoms with E-state index in [9.17, 15) is 38.2 Å². The molecule has 1 fully saturated rings. The van der Waals surface area contributed by atoms with Crippen molar-refractivity contribution in [1.82, 2.24) is 5.32 Å². The maximum absolute atomic E-state index is 13.1. The van der Waals surface area contributed by atoms with Gasteiger partial charge in [-0.15, -0.1) is 0 Å². The van der Waals surface area contributed by atoms with Crippen LogP contribution in [0.4, 0.5) is 0 Å². The monoisotopic (exact) mass is 1000 g/mol. The predicted molar refractivity (Wildman–Crippen MR) is 282 cm³/mol. The molecule has 13 heteroatoms. The van der Waals surface area contributed by atoms with Crippen LogP contribution >= 0.6 is 0 Å². The summed E-state index contributed by atoms with van der Waals surface area (Å²) in [5.74, 6) is -0.268. The van der Waals surface area contributed by atoms with Gasteiger partial charge in [0, 0.05) is 6.42 Å². The SMILES string of the molecule is CCCCCCCCCCC/C=C\C/C=C\CCCCCCCCCC(=O)NC(COC1OC(CO)C(O)C(OS(=O)(=O)O)C1O)C(O)/C=C/CCCCCCCCCCCCCCCCCCC. The first kappa shape index (κ1) is 65.3. The van der Waals surface area contributed by atoms with Crippen LogP contribution in [-0.2, 0) is 28.9 Å². The molecular formula is C56H105NO11S. The number of hydrogen-bond donors (Lipinski definition) is 6. The lowest BCUT2D eigenvalue weighted by molar-refractivity contribution is -0.298. The topological polar surface area (TPSA) is 192 Å². The maximum Gasteiger partial charge on any atom is 0.397 e. The highest BCUT2D eigenvalue weighted by atomic mass is 32.3. The molecule has 0 aromatic carbocycles. The van der Waals surface area contributed by atoms with Crippen LogP contribution in [0.5, 0.6) is 0 Å². The minimum absolute atomic E-state index is 0.260. The highest BCUT2D eigenvalue weighted by Gasteiger charge is 2.48. The highest BCUT2D eigenvalue weighted by molar-refractivity contribution is 7.80.